The van der Waals surface area contributed by atoms with Gasteiger partial charge in [0.05, 0.1) is 21.9 Å². The Morgan fingerprint density at radius 2 is 1.90 bits per heavy atom. The van der Waals surface area contributed by atoms with Gasteiger partial charge in [-0.1, -0.05) is 19.1 Å². The zero-order chi connectivity index (χ0) is 15.4. The summed E-state index contributed by atoms with van der Waals surface area (Å²) in [5, 5.41) is 13.3. The van der Waals surface area contributed by atoms with Crippen LogP contribution in [0.1, 0.15) is 13.8 Å². The molecule has 2 N–H and O–H groups in total. The van der Waals surface area contributed by atoms with E-state index in [1.807, 2.05) is 19.0 Å². The summed E-state index contributed by atoms with van der Waals surface area (Å²) in [7, 11) is 0.484. The van der Waals surface area contributed by atoms with Crippen LogP contribution in [0.2, 0.25) is 0 Å². The van der Waals surface area contributed by atoms with E-state index >= 15 is 0 Å². The normalized spacial score (nSPS) is 15.1. The molecule has 0 aromatic heterocycles. The van der Waals surface area contributed by atoms with E-state index in [4.69, 9.17) is 0 Å². The van der Waals surface area contributed by atoms with Gasteiger partial charge in [-0.25, -0.2) is 8.42 Å². The molecular weight excluding hydrogens is 276 g/mol. The van der Waals surface area contributed by atoms with Gasteiger partial charge in [0.1, 0.15) is 0 Å². The van der Waals surface area contributed by atoms with Crippen molar-refractivity contribution in [3.8, 4) is 0 Å². The first kappa shape index (κ1) is 16.9. The van der Waals surface area contributed by atoms with Crippen molar-refractivity contribution in [1.82, 2.24) is 4.90 Å². The van der Waals surface area contributed by atoms with Crippen LogP contribution < -0.4 is 5.32 Å². The number of nitrogens with one attached hydrogen (secondary N) is 1. The highest BCUT2D eigenvalue weighted by Crippen LogP contribution is 2.22. The Hall–Kier alpha value is -1.11. The van der Waals surface area contributed by atoms with Crippen molar-refractivity contribution in [2.75, 3.05) is 38.3 Å². The van der Waals surface area contributed by atoms with Gasteiger partial charge in [0.2, 0.25) is 0 Å². The molecule has 114 valence electrons. The predicted octanol–water partition coefficient (Wildman–Crippen LogP) is 1.20. The van der Waals surface area contributed by atoms with Crippen molar-refractivity contribution >= 4 is 15.5 Å². The molecule has 0 aliphatic carbocycles. The summed E-state index contributed by atoms with van der Waals surface area (Å²) in [4.78, 5) is 2.17. The molecule has 0 aliphatic heterocycles. The molecule has 20 heavy (non-hydrogen) atoms. The third kappa shape index (κ3) is 4.77. The van der Waals surface area contributed by atoms with Gasteiger partial charge in [-0.15, -0.1) is 0 Å². The number of sulfone groups is 1. The topological polar surface area (TPSA) is 69.6 Å². The summed E-state index contributed by atoms with van der Waals surface area (Å²) in [6.45, 7) is 4.11. The van der Waals surface area contributed by atoms with Gasteiger partial charge in [0.25, 0.3) is 0 Å². The van der Waals surface area contributed by atoms with Gasteiger partial charge < -0.3 is 15.3 Å². The van der Waals surface area contributed by atoms with Gasteiger partial charge in [-0.3, -0.25) is 0 Å². The highest BCUT2D eigenvalue weighted by Gasteiger charge is 2.23. The molecule has 0 amide bonds. The Morgan fingerprint density at radius 3 is 2.45 bits per heavy atom. The lowest BCUT2D eigenvalue weighted by atomic mass is 10.1. The number of likely N-dealkylation sites (N-methyl/N-ethyl adjacent to an activating group) is 1. The molecule has 5 nitrogen and oxygen atoms in total. The van der Waals surface area contributed by atoms with Crippen molar-refractivity contribution in [2.24, 2.45) is 0 Å². The van der Waals surface area contributed by atoms with Gasteiger partial charge in [0, 0.05) is 13.1 Å². The minimum Gasteiger partial charge on any atom is -0.387 e. The maximum Gasteiger partial charge on any atom is 0.180 e. The third-order valence-electron chi connectivity index (χ3n) is 2.92. The summed E-state index contributed by atoms with van der Waals surface area (Å²) in [5.74, 6) is 0.0553. The second-order valence-electron chi connectivity index (χ2n) is 5.49. The van der Waals surface area contributed by atoms with Crippen LogP contribution in [-0.4, -0.2) is 57.0 Å². The van der Waals surface area contributed by atoms with Crippen molar-refractivity contribution in [3.63, 3.8) is 0 Å². The van der Waals surface area contributed by atoms with Crippen LogP contribution in [0, 0.1) is 0 Å². The molecule has 1 aromatic carbocycles. The van der Waals surface area contributed by atoms with Crippen molar-refractivity contribution in [1.29, 1.82) is 0 Å². The molecule has 1 aromatic rings. The Balaban J connectivity index is 2.89. The van der Waals surface area contributed by atoms with E-state index in [1.54, 1.807) is 38.1 Å². The molecule has 0 radical (unpaired) electrons. The zero-order valence-electron chi connectivity index (χ0n) is 12.5. The van der Waals surface area contributed by atoms with E-state index in [0.717, 1.165) is 0 Å². The first-order valence-electron chi connectivity index (χ1n) is 6.61. The molecule has 0 saturated carbocycles. The molecule has 6 heteroatoms. The average Bonchev–Trinajstić information content (AvgIpc) is 2.35. The molecule has 0 spiro atoms. The molecule has 1 atom stereocenters. The minimum absolute atomic E-state index is 0.0553. The van der Waals surface area contributed by atoms with Crippen molar-refractivity contribution in [3.05, 3.63) is 24.3 Å². The van der Waals surface area contributed by atoms with Gasteiger partial charge >= 0.3 is 0 Å². The number of hydrogen-bond donors (Lipinski definition) is 2. The maximum atomic E-state index is 12.0. The van der Waals surface area contributed by atoms with Crippen LogP contribution in [0.15, 0.2) is 29.2 Å². The molecule has 0 aliphatic rings. The summed E-state index contributed by atoms with van der Waals surface area (Å²) >= 11 is 0. The molecular formula is C14H24N2O3S. The van der Waals surface area contributed by atoms with E-state index in [2.05, 4.69) is 5.32 Å². The predicted molar refractivity (Wildman–Crippen MR) is 81.8 cm³/mol. The lowest BCUT2D eigenvalue weighted by Gasteiger charge is -2.28. The van der Waals surface area contributed by atoms with Crippen LogP contribution in [0.5, 0.6) is 0 Å². The van der Waals surface area contributed by atoms with Gasteiger partial charge in [-0.2, -0.15) is 0 Å². The minimum atomic E-state index is -3.27. The Kier molecular flexibility index (Phi) is 5.56. The quantitative estimate of drug-likeness (QED) is 0.792. The van der Waals surface area contributed by atoms with Crippen LogP contribution in [0.3, 0.4) is 0 Å². The molecule has 0 saturated heterocycles. The highest BCUT2D eigenvalue weighted by molar-refractivity contribution is 7.91. The number of aliphatic hydroxyl groups is 1. The van der Waals surface area contributed by atoms with E-state index in [1.165, 1.54) is 0 Å². The zero-order valence-corrected chi connectivity index (χ0v) is 13.4. The first-order valence-corrected chi connectivity index (χ1v) is 8.26. The number of rotatable bonds is 7. The lowest BCUT2D eigenvalue weighted by molar-refractivity contribution is 0.0459. The summed E-state index contributed by atoms with van der Waals surface area (Å²) in [6, 6.07) is 6.78. The van der Waals surface area contributed by atoms with Crippen molar-refractivity contribution in [2.45, 2.75) is 24.3 Å². The Labute approximate surface area is 121 Å². The van der Waals surface area contributed by atoms with Crippen LogP contribution in [0.25, 0.3) is 0 Å². The third-order valence-corrected chi connectivity index (χ3v) is 4.70. The molecule has 0 fully saturated rings. The molecule has 0 bridgehead atoms. The van der Waals surface area contributed by atoms with Crippen LogP contribution in [-0.2, 0) is 9.84 Å². The van der Waals surface area contributed by atoms with E-state index in [0.29, 0.717) is 12.2 Å². The summed E-state index contributed by atoms with van der Waals surface area (Å²) in [6.07, 6.45) is 0. The lowest BCUT2D eigenvalue weighted by Crippen LogP contribution is -2.43. The fraction of sp³-hybridized carbons (Fsp3) is 0.571. The fourth-order valence-electron chi connectivity index (χ4n) is 2.06. The van der Waals surface area contributed by atoms with E-state index in [9.17, 15) is 13.5 Å². The Morgan fingerprint density at radius 1 is 1.30 bits per heavy atom. The maximum absolute atomic E-state index is 12.0. The van der Waals surface area contributed by atoms with Gasteiger partial charge in [-0.05, 0) is 33.2 Å². The highest BCUT2D eigenvalue weighted by atomic mass is 32.2. The monoisotopic (exact) mass is 300 g/mol. The SMILES string of the molecule is CCS(=O)(=O)c1ccccc1NCC(C)(O)CN(C)C. The van der Waals surface area contributed by atoms with E-state index in [-0.39, 0.29) is 17.2 Å². The number of hydrogen-bond acceptors (Lipinski definition) is 5. The standard InChI is InChI=1S/C14H24N2O3S/c1-5-20(18,19)13-9-7-6-8-12(13)15-10-14(2,17)11-16(3)4/h6-9,15,17H,5,10-11H2,1-4H3. The second-order valence-corrected chi connectivity index (χ2v) is 7.73. The molecule has 1 rings (SSSR count). The fourth-order valence-corrected chi connectivity index (χ4v) is 3.13. The number of benzene rings is 1. The molecule has 0 heterocycles. The average molecular weight is 300 g/mol. The number of para-hydroxylation sites is 1. The summed E-state index contributed by atoms with van der Waals surface area (Å²) in [5.41, 5.74) is -0.402. The van der Waals surface area contributed by atoms with Crippen molar-refractivity contribution < 1.29 is 13.5 Å². The van der Waals surface area contributed by atoms with Crippen LogP contribution in [0.4, 0.5) is 5.69 Å². The summed E-state index contributed by atoms with van der Waals surface area (Å²) < 4.78 is 24.0. The Bertz CT molecular complexity index is 539. The second kappa shape index (κ2) is 6.56. The smallest absolute Gasteiger partial charge is 0.180 e. The van der Waals surface area contributed by atoms with Gasteiger partial charge in [0.15, 0.2) is 9.84 Å². The largest absolute Gasteiger partial charge is 0.387 e. The molecule has 1 unspecified atom stereocenters. The number of anilines is 1. The number of nitrogens with zero attached hydrogens (tertiary/aromatic N) is 1. The van der Waals surface area contributed by atoms with E-state index < -0.39 is 15.4 Å². The van der Waals surface area contributed by atoms with Crippen LogP contribution >= 0.6 is 0 Å². The first-order chi connectivity index (χ1) is 9.18.